The van der Waals surface area contributed by atoms with Gasteiger partial charge in [-0.15, -0.1) is 0 Å². The van der Waals surface area contributed by atoms with Crippen molar-refractivity contribution >= 4 is 17.9 Å². The lowest BCUT2D eigenvalue weighted by molar-refractivity contribution is -0.134. The van der Waals surface area contributed by atoms with Crippen molar-refractivity contribution in [1.82, 2.24) is 4.90 Å². The Morgan fingerprint density at radius 1 is 1.00 bits per heavy atom. The third-order valence-corrected chi connectivity index (χ3v) is 4.03. The van der Waals surface area contributed by atoms with E-state index >= 15 is 0 Å². The number of likely N-dealkylation sites (N-methyl/N-ethyl adjacent to an activating group) is 1. The Hall–Kier alpha value is -3.68. The fraction of sp³-hybridized carbons (Fsp3) is 0.158. The van der Waals surface area contributed by atoms with E-state index in [1.54, 1.807) is 0 Å². The molecule has 1 unspecified atom stereocenters. The van der Waals surface area contributed by atoms with E-state index in [0.717, 1.165) is 4.90 Å². The van der Waals surface area contributed by atoms with E-state index < -0.39 is 17.9 Å². The molecule has 0 saturated carbocycles. The molecule has 2 aromatic carbocycles. The highest BCUT2D eigenvalue weighted by Gasteiger charge is 2.24. The van der Waals surface area contributed by atoms with E-state index in [0.29, 0.717) is 11.1 Å². The summed E-state index contributed by atoms with van der Waals surface area (Å²) in [6.07, 6.45) is 2.68. The number of carbonyl (C=O) groups excluding carboxylic acids is 2. The van der Waals surface area contributed by atoms with Crippen LogP contribution in [0.15, 0.2) is 42.5 Å². The Morgan fingerprint density at radius 3 is 2.15 bits per heavy atom. The zero-order valence-corrected chi connectivity index (χ0v) is 14.5. The van der Waals surface area contributed by atoms with Crippen LogP contribution >= 0.6 is 0 Å². The molecule has 2 rings (SSSR count). The molecule has 0 bridgehead atoms. The van der Waals surface area contributed by atoms with Gasteiger partial charge in [0.15, 0.2) is 23.0 Å². The number of amides is 2. The molecule has 0 saturated heterocycles. The van der Waals surface area contributed by atoms with Gasteiger partial charge in [0.05, 0.1) is 0 Å². The lowest BCUT2D eigenvalue weighted by atomic mass is 10.0. The second kappa shape index (κ2) is 8.13. The third kappa shape index (κ3) is 4.91. The second-order valence-electron chi connectivity index (χ2n) is 5.98. The van der Waals surface area contributed by atoms with Gasteiger partial charge in [-0.25, -0.2) is 0 Å². The first-order valence-corrected chi connectivity index (χ1v) is 7.96. The molecule has 0 heterocycles. The smallest absolute Gasteiger partial charge is 0.247 e. The van der Waals surface area contributed by atoms with Crippen LogP contribution in [0.5, 0.6) is 23.0 Å². The zero-order valence-electron chi connectivity index (χ0n) is 14.5. The van der Waals surface area contributed by atoms with Crippen LogP contribution in [0.25, 0.3) is 6.08 Å². The quantitative estimate of drug-likeness (QED) is 0.379. The van der Waals surface area contributed by atoms with Crippen molar-refractivity contribution in [2.24, 2.45) is 5.73 Å². The van der Waals surface area contributed by atoms with Crippen LogP contribution in [0.2, 0.25) is 0 Å². The molecule has 27 heavy (non-hydrogen) atoms. The Kier molecular flexibility index (Phi) is 5.92. The largest absolute Gasteiger partial charge is 0.504 e. The molecule has 0 aliphatic carbocycles. The highest BCUT2D eigenvalue weighted by Crippen LogP contribution is 2.26. The highest BCUT2D eigenvalue weighted by molar-refractivity contribution is 5.95. The van der Waals surface area contributed by atoms with E-state index in [1.807, 2.05) is 0 Å². The van der Waals surface area contributed by atoms with Gasteiger partial charge < -0.3 is 31.1 Å². The monoisotopic (exact) mass is 372 g/mol. The Labute approximate surface area is 155 Å². The molecule has 2 aromatic rings. The summed E-state index contributed by atoms with van der Waals surface area (Å²) in [5.41, 5.74) is 6.40. The molecule has 0 fully saturated rings. The highest BCUT2D eigenvalue weighted by atomic mass is 16.3. The van der Waals surface area contributed by atoms with Crippen LogP contribution < -0.4 is 5.73 Å². The summed E-state index contributed by atoms with van der Waals surface area (Å²) in [5, 5.41) is 37.7. The van der Waals surface area contributed by atoms with Crippen LogP contribution in [0, 0.1) is 0 Å². The molecule has 1 atom stereocenters. The fourth-order valence-corrected chi connectivity index (χ4v) is 2.43. The number of nitrogens with zero attached hydrogens (tertiary/aromatic N) is 1. The van der Waals surface area contributed by atoms with Gasteiger partial charge in [-0.05, 0) is 41.5 Å². The molecule has 0 aliphatic heterocycles. The summed E-state index contributed by atoms with van der Waals surface area (Å²) < 4.78 is 0. The molecule has 0 aromatic heterocycles. The first-order chi connectivity index (χ1) is 12.7. The van der Waals surface area contributed by atoms with Gasteiger partial charge in [0.2, 0.25) is 11.8 Å². The van der Waals surface area contributed by atoms with E-state index in [-0.39, 0.29) is 29.4 Å². The fourth-order valence-electron chi connectivity index (χ4n) is 2.43. The van der Waals surface area contributed by atoms with Crippen LogP contribution in [0.1, 0.15) is 11.1 Å². The standard InChI is InChI=1S/C19H20N2O6/c1-21(18(26)7-4-11-2-5-14(22)16(24)9-11)13(19(20)27)8-12-3-6-15(23)17(25)10-12/h2-7,9-10,13,22-25H,8H2,1H3,(H2,20,27). The normalized spacial score (nSPS) is 12.0. The number of rotatable bonds is 6. The topological polar surface area (TPSA) is 144 Å². The Bertz CT molecular complexity index is 894. The molecule has 0 aliphatic rings. The lowest BCUT2D eigenvalue weighted by Gasteiger charge is -2.24. The van der Waals surface area contributed by atoms with Crippen LogP contribution in [0.3, 0.4) is 0 Å². The molecular weight excluding hydrogens is 352 g/mol. The summed E-state index contributed by atoms with van der Waals surface area (Å²) >= 11 is 0. The molecule has 0 spiro atoms. The lowest BCUT2D eigenvalue weighted by Crippen LogP contribution is -2.46. The second-order valence-corrected chi connectivity index (χ2v) is 5.98. The first-order valence-electron chi connectivity index (χ1n) is 7.96. The van der Waals surface area contributed by atoms with Gasteiger partial charge in [-0.3, -0.25) is 9.59 Å². The number of phenolic OH excluding ortho intramolecular Hbond substituents is 4. The van der Waals surface area contributed by atoms with E-state index in [2.05, 4.69) is 0 Å². The minimum absolute atomic E-state index is 0.0548. The van der Waals surface area contributed by atoms with Gasteiger partial charge in [0.25, 0.3) is 0 Å². The average Bonchev–Trinajstić information content (AvgIpc) is 2.62. The number of benzene rings is 2. The molecule has 0 radical (unpaired) electrons. The molecule has 8 nitrogen and oxygen atoms in total. The summed E-state index contributed by atoms with van der Waals surface area (Å²) in [7, 11) is 1.41. The van der Waals surface area contributed by atoms with Crippen molar-refractivity contribution in [1.29, 1.82) is 0 Å². The number of nitrogens with two attached hydrogens (primary N) is 1. The van der Waals surface area contributed by atoms with Crippen molar-refractivity contribution in [3.8, 4) is 23.0 Å². The molecule has 2 amide bonds. The number of primary amides is 1. The summed E-state index contributed by atoms with van der Waals surface area (Å²) in [6.45, 7) is 0. The van der Waals surface area contributed by atoms with Gasteiger partial charge >= 0.3 is 0 Å². The third-order valence-electron chi connectivity index (χ3n) is 4.03. The van der Waals surface area contributed by atoms with Crippen molar-refractivity contribution in [2.75, 3.05) is 7.05 Å². The Morgan fingerprint density at radius 2 is 1.59 bits per heavy atom. The summed E-state index contributed by atoms with van der Waals surface area (Å²) in [6, 6.07) is 7.18. The van der Waals surface area contributed by atoms with Crippen LogP contribution in [0.4, 0.5) is 0 Å². The SMILES string of the molecule is CN(C(=O)C=Cc1ccc(O)c(O)c1)C(Cc1ccc(O)c(O)c1)C(N)=O. The maximum Gasteiger partial charge on any atom is 0.247 e. The van der Waals surface area contributed by atoms with Gasteiger partial charge in [0, 0.05) is 19.5 Å². The maximum atomic E-state index is 12.4. The number of carbonyl (C=O) groups is 2. The van der Waals surface area contributed by atoms with Gasteiger partial charge in [-0.1, -0.05) is 12.1 Å². The van der Waals surface area contributed by atoms with Crippen molar-refractivity contribution < 1.29 is 30.0 Å². The molecule has 8 heteroatoms. The molecular formula is C19H20N2O6. The van der Waals surface area contributed by atoms with Crippen LogP contribution in [-0.2, 0) is 16.0 Å². The van der Waals surface area contributed by atoms with Crippen molar-refractivity contribution in [2.45, 2.75) is 12.5 Å². The van der Waals surface area contributed by atoms with Crippen molar-refractivity contribution in [3.63, 3.8) is 0 Å². The minimum atomic E-state index is -0.973. The number of phenols is 4. The summed E-state index contributed by atoms with van der Waals surface area (Å²) in [4.78, 5) is 25.3. The molecule has 142 valence electrons. The number of aromatic hydroxyl groups is 4. The minimum Gasteiger partial charge on any atom is -0.504 e. The predicted octanol–water partition coefficient (Wildman–Crippen LogP) is 1.08. The zero-order chi connectivity index (χ0) is 20.1. The van der Waals surface area contributed by atoms with E-state index in [1.165, 1.54) is 55.6 Å². The summed E-state index contributed by atoms with van der Waals surface area (Å²) in [5.74, 6) is -2.46. The number of hydrogen-bond donors (Lipinski definition) is 5. The van der Waals surface area contributed by atoms with E-state index in [9.17, 15) is 30.0 Å². The number of hydrogen-bond acceptors (Lipinski definition) is 6. The van der Waals surface area contributed by atoms with Gasteiger partial charge in [-0.2, -0.15) is 0 Å². The van der Waals surface area contributed by atoms with E-state index in [4.69, 9.17) is 5.73 Å². The maximum absolute atomic E-state index is 12.4. The Balaban J connectivity index is 2.14. The van der Waals surface area contributed by atoms with Gasteiger partial charge in [0.1, 0.15) is 6.04 Å². The average molecular weight is 372 g/mol. The van der Waals surface area contributed by atoms with Crippen LogP contribution in [-0.4, -0.2) is 50.2 Å². The van der Waals surface area contributed by atoms with Crippen molar-refractivity contribution in [3.05, 3.63) is 53.6 Å². The first kappa shape index (κ1) is 19.6. The predicted molar refractivity (Wildman–Crippen MR) is 98.0 cm³/mol. The molecule has 6 N–H and O–H groups in total.